The van der Waals surface area contributed by atoms with Crippen molar-refractivity contribution in [1.29, 1.82) is 0 Å². The van der Waals surface area contributed by atoms with E-state index in [1.54, 1.807) is 30.3 Å². The molecule has 0 saturated heterocycles. The van der Waals surface area contributed by atoms with E-state index in [4.69, 9.17) is 4.74 Å². The summed E-state index contributed by atoms with van der Waals surface area (Å²) in [6, 6.07) is 11.8. The molecule has 0 aliphatic carbocycles. The molecule has 8 heteroatoms. The minimum atomic E-state index is -4.44. The van der Waals surface area contributed by atoms with Gasteiger partial charge in [-0.2, -0.15) is 13.2 Å². The molecule has 0 aliphatic rings. The van der Waals surface area contributed by atoms with Crippen molar-refractivity contribution in [2.45, 2.75) is 19.1 Å². The van der Waals surface area contributed by atoms with Crippen molar-refractivity contribution >= 4 is 17.5 Å². The molecule has 0 aromatic heterocycles. The van der Waals surface area contributed by atoms with Crippen molar-refractivity contribution < 1.29 is 27.5 Å². The van der Waals surface area contributed by atoms with Crippen LogP contribution in [0.1, 0.15) is 12.5 Å². The van der Waals surface area contributed by atoms with Gasteiger partial charge in [0, 0.05) is 5.69 Å². The highest BCUT2D eigenvalue weighted by Crippen LogP contribution is 2.29. The lowest BCUT2D eigenvalue weighted by atomic mass is 10.2. The van der Waals surface area contributed by atoms with E-state index in [2.05, 4.69) is 10.6 Å². The normalized spacial score (nSPS) is 12.2. The van der Waals surface area contributed by atoms with Crippen LogP contribution < -0.4 is 15.4 Å². The molecule has 0 unspecified atom stereocenters. The SMILES string of the molecule is C[C@@H](NC(=O)COc1ccccc1)C(=O)Nc1ccc(C(F)(F)F)cc1. The smallest absolute Gasteiger partial charge is 0.416 e. The molecule has 0 aliphatic heterocycles. The number of para-hydroxylation sites is 1. The van der Waals surface area contributed by atoms with E-state index < -0.39 is 29.6 Å². The standard InChI is InChI=1S/C18H17F3N2O3/c1-12(22-16(24)11-26-15-5-3-2-4-6-15)17(25)23-14-9-7-13(8-10-14)18(19,20)21/h2-10,12H,11H2,1H3,(H,22,24)(H,23,25)/t12-/m1/s1. The first-order chi connectivity index (χ1) is 12.3. The average molecular weight is 366 g/mol. The maximum Gasteiger partial charge on any atom is 0.416 e. The van der Waals surface area contributed by atoms with Gasteiger partial charge < -0.3 is 15.4 Å². The van der Waals surface area contributed by atoms with Crippen LogP contribution in [0.3, 0.4) is 0 Å². The third-order valence-corrected chi connectivity index (χ3v) is 3.36. The predicted molar refractivity (Wildman–Crippen MR) is 89.6 cm³/mol. The number of benzene rings is 2. The second kappa shape index (κ2) is 8.37. The monoisotopic (exact) mass is 366 g/mol. The summed E-state index contributed by atoms with van der Waals surface area (Å²) in [7, 11) is 0. The van der Waals surface area contributed by atoms with Gasteiger partial charge in [0.15, 0.2) is 6.61 Å². The molecule has 5 nitrogen and oxygen atoms in total. The van der Waals surface area contributed by atoms with Crippen LogP contribution in [-0.2, 0) is 15.8 Å². The Bertz CT molecular complexity index is 747. The summed E-state index contributed by atoms with van der Waals surface area (Å²) in [4.78, 5) is 23.8. The fraction of sp³-hybridized carbons (Fsp3) is 0.222. The zero-order valence-electron chi connectivity index (χ0n) is 13.8. The lowest BCUT2D eigenvalue weighted by Gasteiger charge is -2.15. The second-order valence-electron chi connectivity index (χ2n) is 5.46. The van der Waals surface area contributed by atoms with Gasteiger partial charge in [-0.15, -0.1) is 0 Å². The van der Waals surface area contributed by atoms with Crippen LogP contribution >= 0.6 is 0 Å². The molecule has 2 N–H and O–H groups in total. The lowest BCUT2D eigenvalue weighted by Crippen LogP contribution is -2.43. The van der Waals surface area contributed by atoms with Crippen LogP contribution in [-0.4, -0.2) is 24.5 Å². The maximum atomic E-state index is 12.5. The fourth-order valence-corrected chi connectivity index (χ4v) is 2.01. The number of hydrogen-bond acceptors (Lipinski definition) is 3. The van der Waals surface area contributed by atoms with E-state index in [0.29, 0.717) is 5.75 Å². The van der Waals surface area contributed by atoms with Crippen LogP contribution in [0.5, 0.6) is 5.75 Å². The Kier molecular flexibility index (Phi) is 6.21. The van der Waals surface area contributed by atoms with Gasteiger partial charge in [0.1, 0.15) is 11.8 Å². The highest BCUT2D eigenvalue weighted by Gasteiger charge is 2.30. The largest absolute Gasteiger partial charge is 0.484 e. The molecule has 0 bridgehead atoms. The predicted octanol–water partition coefficient (Wildman–Crippen LogP) is 3.23. The zero-order valence-corrected chi connectivity index (χ0v) is 13.8. The van der Waals surface area contributed by atoms with Crippen molar-refractivity contribution in [3.63, 3.8) is 0 Å². The first-order valence-corrected chi connectivity index (χ1v) is 7.71. The van der Waals surface area contributed by atoms with Crippen molar-refractivity contribution in [2.24, 2.45) is 0 Å². The fourth-order valence-electron chi connectivity index (χ4n) is 2.01. The first-order valence-electron chi connectivity index (χ1n) is 7.71. The van der Waals surface area contributed by atoms with Crippen molar-refractivity contribution in [3.05, 3.63) is 60.2 Å². The molecule has 2 aromatic rings. The number of amides is 2. The number of alkyl halides is 3. The molecule has 2 rings (SSSR count). The number of nitrogens with one attached hydrogen (secondary N) is 2. The van der Waals surface area contributed by atoms with Gasteiger partial charge in [-0.3, -0.25) is 9.59 Å². The average Bonchev–Trinajstić information content (AvgIpc) is 2.60. The van der Waals surface area contributed by atoms with Crippen LogP contribution in [0.4, 0.5) is 18.9 Å². The third kappa shape index (κ3) is 5.80. The van der Waals surface area contributed by atoms with E-state index in [-0.39, 0.29) is 12.3 Å². The van der Waals surface area contributed by atoms with Crippen molar-refractivity contribution in [1.82, 2.24) is 5.32 Å². The molecule has 2 aromatic carbocycles. The topological polar surface area (TPSA) is 67.4 Å². The molecule has 26 heavy (non-hydrogen) atoms. The summed E-state index contributed by atoms with van der Waals surface area (Å²) in [5, 5.41) is 4.89. The van der Waals surface area contributed by atoms with Crippen LogP contribution in [0.25, 0.3) is 0 Å². The quantitative estimate of drug-likeness (QED) is 0.825. The van der Waals surface area contributed by atoms with Gasteiger partial charge in [-0.05, 0) is 43.3 Å². The Hall–Kier alpha value is -3.03. The third-order valence-electron chi connectivity index (χ3n) is 3.36. The summed E-state index contributed by atoms with van der Waals surface area (Å²) >= 11 is 0. The van der Waals surface area contributed by atoms with Crippen molar-refractivity contribution in [3.8, 4) is 5.75 Å². The van der Waals surface area contributed by atoms with E-state index in [1.165, 1.54) is 6.92 Å². The van der Waals surface area contributed by atoms with Gasteiger partial charge in [0.05, 0.1) is 5.56 Å². The van der Waals surface area contributed by atoms with Crippen LogP contribution in [0.2, 0.25) is 0 Å². The second-order valence-corrected chi connectivity index (χ2v) is 5.46. The minimum Gasteiger partial charge on any atom is -0.484 e. The van der Waals surface area contributed by atoms with Crippen LogP contribution in [0.15, 0.2) is 54.6 Å². The molecule has 0 radical (unpaired) electrons. The van der Waals surface area contributed by atoms with Gasteiger partial charge >= 0.3 is 6.18 Å². The Labute approximate surface area is 148 Å². The molecule has 0 spiro atoms. The molecular formula is C18H17F3N2O3. The summed E-state index contributed by atoms with van der Waals surface area (Å²) in [6.07, 6.45) is -4.44. The van der Waals surface area contributed by atoms with Gasteiger partial charge in [-0.25, -0.2) is 0 Å². The van der Waals surface area contributed by atoms with Crippen molar-refractivity contribution in [2.75, 3.05) is 11.9 Å². The summed E-state index contributed by atoms with van der Waals surface area (Å²) in [6.45, 7) is 1.20. The minimum absolute atomic E-state index is 0.199. The Morgan fingerprint density at radius 3 is 2.23 bits per heavy atom. The number of carbonyl (C=O) groups excluding carboxylic acids is 2. The van der Waals surface area contributed by atoms with E-state index in [0.717, 1.165) is 24.3 Å². The molecule has 0 fully saturated rings. The molecule has 2 amide bonds. The highest BCUT2D eigenvalue weighted by atomic mass is 19.4. The number of carbonyl (C=O) groups is 2. The number of ether oxygens (including phenoxy) is 1. The molecule has 138 valence electrons. The molecule has 0 heterocycles. The summed E-state index contributed by atoms with van der Waals surface area (Å²) < 4.78 is 42.8. The number of anilines is 1. The maximum absolute atomic E-state index is 12.5. The zero-order chi connectivity index (χ0) is 19.2. The summed E-state index contributed by atoms with van der Waals surface area (Å²) in [5.41, 5.74) is -0.612. The number of rotatable bonds is 6. The van der Waals surface area contributed by atoms with E-state index >= 15 is 0 Å². The number of halogens is 3. The number of hydrogen-bond donors (Lipinski definition) is 2. The molecule has 1 atom stereocenters. The van der Waals surface area contributed by atoms with Gasteiger partial charge in [-0.1, -0.05) is 18.2 Å². The van der Waals surface area contributed by atoms with Gasteiger partial charge in [0.2, 0.25) is 5.91 Å². The highest BCUT2D eigenvalue weighted by molar-refractivity contribution is 5.97. The Morgan fingerprint density at radius 1 is 1.04 bits per heavy atom. The Balaban J connectivity index is 1.82. The molecule has 0 saturated carbocycles. The van der Waals surface area contributed by atoms with E-state index in [1.807, 2.05) is 0 Å². The first kappa shape index (κ1) is 19.3. The molecular weight excluding hydrogens is 349 g/mol. The Morgan fingerprint density at radius 2 is 1.65 bits per heavy atom. The van der Waals surface area contributed by atoms with Gasteiger partial charge in [0.25, 0.3) is 5.91 Å². The van der Waals surface area contributed by atoms with Crippen LogP contribution in [0, 0.1) is 0 Å². The summed E-state index contributed by atoms with van der Waals surface area (Å²) in [5.74, 6) is -0.536. The van der Waals surface area contributed by atoms with E-state index in [9.17, 15) is 22.8 Å². The lowest BCUT2D eigenvalue weighted by molar-refractivity contribution is -0.137.